The monoisotopic (exact) mass is 281 g/mol. The van der Waals surface area contributed by atoms with E-state index in [0.29, 0.717) is 10.1 Å². The number of amidine groups is 1. The lowest BCUT2D eigenvalue weighted by Crippen LogP contribution is -2.19. The number of nitrogens with zero attached hydrogens (tertiary/aromatic N) is 4. The van der Waals surface area contributed by atoms with E-state index in [4.69, 9.17) is 5.26 Å². The van der Waals surface area contributed by atoms with Crippen LogP contribution in [0, 0.1) is 11.5 Å². The molecule has 0 spiro atoms. The van der Waals surface area contributed by atoms with Crippen molar-refractivity contribution in [3.63, 3.8) is 0 Å². The van der Waals surface area contributed by atoms with Crippen LogP contribution in [0.3, 0.4) is 0 Å². The van der Waals surface area contributed by atoms with Gasteiger partial charge in [-0.1, -0.05) is 6.07 Å². The summed E-state index contributed by atoms with van der Waals surface area (Å²) in [6, 6.07) is 5.55. The first-order chi connectivity index (χ1) is 9.76. The maximum Gasteiger partial charge on any atom is 0.264 e. The first-order valence-electron chi connectivity index (χ1n) is 5.65. The van der Waals surface area contributed by atoms with Gasteiger partial charge in [-0.15, -0.1) is 4.99 Å². The number of nitriles is 1. The Bertz CT molecular complexity index is 806. The maximum absolute atomic E-state index is 11.7. The summed E-state index contributed by atoms with van der Waals surface area (Å²) in [5, 5.41) is 11.3. The van der Waals surface area contributed by atoms with Gasteiger partial charge in [-0.2, -0.15) is 5.26 Å². The van der Waals surface area contributed by atoms with Crippen LogP contribution < -0.4 is 5.32 Å². The molecule has 0 aliphatic carbocycles. The van der Waals surface area contributed by atoms with E-state index >= 15 is 0 Å². The molecule has 1 saturated heterocycles. The molecule has 1 aliphatic rings. The highest BCUT2D eigenvalue weighted by atomic mass is 32.2. The Labute approximate surface area is 118 Å². The molecular formula is C13H7N5OS. The Morgan fingerprint density at radius 3 is 2.90 bits per heavy atom. The van der Waals surface area contributed by atoms with Crippen molar-refractivity contribution in [2.45, 2.75) is 0 Å². The number of amides is 1. The van der Waals surface area contributed by atoms with Gasteiger partial charge >= 0.3 is 0 Å². The molecule has 1 N–H and O–H groups in total. The van der Waals surface area contributed by atoms with E-state index in [1.165, 1.54) is 0 Å². The minimum Gasteiger partial charge on any atom is -0.300 e. The van der Waals surface area contributed by atoms with Gasteiger partial charge in [0.2, 0.25) is 6.19 Å². The van der Waals surface area contributed by atoms with Gasteiger partial charge in [0.15, 0.2) is 5.17 Å². The fourth-order valence-corrected chi connectivity index (χ4v) is 2.52. The normalized spacial score (nSPS) is 18.4. The zero-order valence-corrected chi connectivity index (χ0v) is 10.9. The van der Waals surface area contributed by atoms with Gasteiger partial charge in [0.25, 0.3) is 5.91 Å². The Morgan fingerprint density at radius 2 is 2.10 bits per heavy atom. The molecule has 0 radical (unpaired) electrons. The summed E-state index contributed by atoms with van der Waals surface area (Å²) in [6.07, 6.45) is 6.63. The second-order valence-electron chi connectivity index (χ2n) is 3.89. The van der Waals surface area contributed by atoms with E-state index in [9.17, 15) is 4.79 Å². The van der Waals surface area contributed by atoms with E-state index in [1.807, 2.05) is 18.2 Å². The molecule has 1 fully saturated rings. The van der Waals surface area contributed by atoms with Gasteiger partial charge < -0.3 is 0 Å². The average Bonchev–Trinajstić information content (AvgIpc) is 2.79. The number of benzene rings is 1. The lowest BCUT2D eigenvalue weighted by atomic mass is 10.2. The Balaban J connectivity index is 1.96. The third-order valence-electron chi connectivity index (χ3n) is 2.59. The van der Waals surface area contributed by atoms with Crippen LogP contribution in [0.1, 0.15) is 5.56 Å². The summed E-state index contributed by atoms with van der Waals surface area (Å²) < 4.78 is 0. The molecule has 1 aromatic carbocycles. The predicted octanol–water partition coefficient (Wildman–Crippen LogP) is 1.67. The van der Waals surface area contributed by atoms with Crippen molar-refractivity contribution < 1.29 is 4.79 Å². The molecule has 0 atom stereocenters. The van der Waals surface area contributed by atoms with Crippen LogP contribution in [-0.2, 0) is 4.79 Å². The lowest BCUT2D eigenvalue weighted by Gasteiger charge is -1.98. The summed E-state index contributed by atoms with van der Waals surface area (Å²) in [5.74, 6) is -0.261. The molecule has 1 aromatic heterocycles. The number of rotatable bonds is 1. The molecule has 96 valence electrons. The van der Waals surface area contributed by atoms with Crippen LogP contribution in [0.15, 0.2) is 40.5 Å². The van der Waals surface area contributed by atoms with Crippen LogP contribution in [-0.4, -0.2) is 21.0 Å². The fraction of sp³-hybridized carbons (Fsp3) is 0. The number of hydrogen-bond donors (Lipinski definition) is 1. The molecule has 2 heterocycles. The second-order valence-corrected chi connectivity index (χ2v) is 4.92. The standard InChI is InChI=1S/C13H7N5OS/c14-7-17-13-18-12(19)11(20-13)6-8-1-2-9-10(5-8)16-4-3-15-9/h1-6H,(H,17,18,19)/b11-6-. The van der Waals surface area contributed by atoms with Crippen molar-refractivity contribution in [1.29, 1.82) is 5.26 Å². The lowest BCUT2D eigenvalue weighted by molar-refractivity contribution is -0.115. The number of fused-ring (bicyclic) bond motifs is 1. The number of hydrogen-bond acceptors (Lipinski definition) is 6. The van der Waals surface area contributed by atoms with Crippen molar-refractivity contribution in [2.75, 3.05) is 0 Å². The van der Waals surface area contributed by atoms with E-state index in [-0.39, 0.29) is 5.91 Å². The van der Waals surface area contributed by atoms with E-state index in [2.05, 4.69) is 20.3 Å². The maximum atomic E-state index is 11.7. The fourth-order valence-electron chi connectivity index (χ4n) is 1.75. The number of nitrogens with one attached hydrogen (secondary N) is 1. The molecule has 1 aliphatic heterocycles. The summed E-state index contributed by atoms with van der Waals surface area (Å²) in [4.78, 5) is 24.1. The molecule has 3 rings (SSSR count). The van der Waals surface area contributed by atoms with Gasteiger partial charge in [0.05, 0.1) is 15.9 Å². The zero-order valence-electron chi connectivity index (χ0n) is 10.1. The predicted molar refractivity (Wildman–Crippen MR) is 76.3 cm³/mol. The second kappa shape index (κ2) is 5.11. The minimum atomic E-state index is -0.261. The van der Waals surface area contributed by atoms with Crippen LogP contribution in [0.5, 0.6) is 0 Å². The highest BCUT2D eigenvalue weighted by Gasteiger charge is 2.23. The Kier molecular flexibility index (Phi) is 3.15. The number of carbonyl (C=O) groups is 1. The van der Waals surface area contributed by atoms with Crippen molar-refractivity contribution in [3.8, 4) is 6.19 Å². The molecule has 0 unspecified atom stereocenters. The van der Waals surface area contributed by atoms with Crippen molar-refractivity contribution in [3.05, 3.63) is 41.1 Å². The molecule has 20 heavy (non-hydrogen) atoms. The zero-order chi connectivity index (χ0) is 13.9. The third kappa shape index (κ3) is 2.37. The van der Waals surface area contributed by atoms with Crippen LogP contribution in [0.25, 0.3) is 17.1 Å². The van der Waals surface area contributed by atoms with E-state index in [1.54, 1.807) is 24.7 Å². The van der Waals surface area contributed by atoms with Gasteiger partial charge in [0, 0.05) is 12.4 Å². The molecule has 6 nitrogen and oxygen atoms in total. The summed E-state index contributed by atoms with van der Waals surface area (Å²) in [6.45, 7) is 0. The Hall–Kier alpha value is -2.72. The molecular weight excluding hydrogens is 274 g/mol. The first kappa shape index (κ1) is 12.3. The van der Waals surface area contributed by atoms with E-state index in [0.717, 1.165) is 28.4 Å². The summed E-state index contributed by atoms with van der Waals surface area (Å²) >= 11 is 1.14. The largest absolute Gasteiger partial charge is 0.300 e. The van der Waals surface area contributed by atoms with Crippen molar-refractivity contribution in [2.24, 2.45) is 4.99 Å². The third-order valence-corrected chi connectivity index (χ3v) is 3.50. The highest BCUT2D eigenvalue weighted by molar-refractivity contribution is 8.18. The van der Waals surface area contributed by atoms with Crippen LogP contribution in [0.4, 0.5) is 0 Å². The number of carbonyl (C=O) groups excluding carboxylic acids is 1. The smallest absolute Gasteiger partial charge is 0.264 e. The SMILES string of the molecule is N#CN=C1NC(=O)/C(=C/c2ccc3nccnc3c2)S1. The molecule has 0 saturated carbocycles. The quantitative estimate of drug-likeness (QED) is 0.634. The topological polar surface area (TPSA) is 91.0 Å². The van der Waals surface area contributed by atoms with Crippen molar-refractivity contribution in [1.82, 2.24) is 15.3 Å². The van der Waals surface area contributed by atoms with Crippen LogP contribution >= 0.6 is 11.8 Å². The van der Waals surface area contributed by atoms with Gasteiger partial charge in [-0.3, -0.25) is 20.1 Å². The number of aliphatic imine (C=N–C) groups is 1. The average molecular weight is 281 g/mol. The van der Waals surface area contributed by atoms with Gasteiger partial charge in [-0.25, -0.2) is 0 Å². The Morgan fingerprint density at radius 1 is 1.30 bits per heavy atom. The van der Waals surface area contributed by atoms with Gasteiger partial charge in [0.1, 0.15) is 0 Å². The first-order valence-corrected chi connectivity index (χ1v) is 6.46. The van der Waals surface area contributed by atoms with Crippen molar-refractivity contribution >= 4 is 39.9 Å². The van der Waals surface area contributed by atoms with Crippen LogP contribution in [0.2, 0.25) is 0 Å². The molecule has 2 aromatic rings. The molecule has 0 bridgehead atoms. The van der Waals surface area contributed by atoms with Gasteiger partial charge in [-0.05, 0) is 35.5 Å². The molecule has 1 amide bonds. The minimum absolute atomic E-state index is 0.261. The van der Waals surface area contributed by atoms with E-state index < -0.39 is 0 Å². The summed E-state index contributed by atoms with van der Waals surface area (Å²) in [5.41, 5.74) is 2.40. The number of thioether (sulfide) groups is 1. The summed E-state index contributed by atoms with van der Waals surface area (Å²) in [7, 11) is 0. The molecule has 7 heteroatoms. The highest BCUT2D eigenvalue weighted by Crippen LogP contribution is 2.26. The number of aromatic nitrogens is 2.